The molecule has 4 aliphatic rings. The second-order valence-corrected chi connectivity index (χ2v) is 14.2. The minimum Gasteiger partial charge on any atom is -0.455 e. The van der Waals surface area contributed by atoms with Crippen molar-refractivity contribution in [2.45, 2.75) is 110 Å². The number of hydrogen-bond acceptors (Lipinski definition) is 10. The molecule has 3 fully saturated rings. The van der Waals surface area contributed by atoms with Crippen molar-refractivity contribution < 1.29 is 48.3 Å². The Labute approximate surface area is 259 Å². The highest BCUT2D eigenvalue weighted by Crippen LogP contribution is 2.65. The first-order chi connectivity index (χ1) is 20.4. The monoisotopic (exact) mass is 614 g/mol. The molecule has 1 saturated heterocycles. The molecule has 2 saturated carbocycles. The zero-order valence-corrected chi connectivity index (χ0v) is 27.1. The molecule has 2 bridgehead atoms. The van der Waals surface area contributed by atoms with Crippen LogP contribution in [0.3, 0.4) is 0 Å². The quantitative estimate of drug-likeness (QED) is 0.277. The first-order valence-corrected chi connectivity index (χ1v) is 15.3. The van der Waals surface area contributed by atoms with Crippen molar-refractivity contribution in [1.82, 2.24) is 0 Å². The molecule has 10 nitrogen and oxygen atoms in total. The summed E-state index contributed by atoms with van der Waals surface area (Å²) in [4.78, 5) is 41.8. The van der Waals surface area contributed by atoms with Crippen molar-refractivity contribution in [1.29, 1.82) is 0 Å². The lowest BCUT2D eigenvalue weighted by molar-refractivity contribution is -0.363. The van der Waals surface area contributed by atoms with E-state index in [0.29, 0.717) is 11.1 Å². The van der Waals surface area contributed by atoms with Gasteiger partial charge in [-0.3, -0.25) is 9.59 Å². The van der Waals surface area contributed by atoms with Gasteiger partial charge in [0.1, 0.15) is 23.6 Å². The minimum absolute atomic E-state index is 0.0697. The van der Waals surface area contributed by atoms with E-state index in [0.717, 1.165) is 0 Å². The summed E-state index contributed by atoms with van der Waals surface area (Å²) in [5.74, 6) is -4.57. The molecule has 1 aromatic carbocycles. The van der Waals surface area contributed by atoms with E-state index >= 15 is 4.79 Å². The molecule has 2 unspecified atom stereocenters. The molecular weight excluding hydrogens is 568 g/mol. The number of benzene rings is 1. The van der Waals surface area contributed by atoms with E-state index in [2.05, 4.69) is 0 Å². The molecule has 2 N–H and O–H groups in total. The Morgan fingerprint density at radius 3 is 2.30 bits per heavy atom. The first kappa shape index (κ1) is 32.8. The third kappa shape index (κ3) is 4.59. The summed E-state index contributed by atoms with van der Waals surface area (Å²) in [7, 11) is 1.50. The van der Waals surface area contributed by atoms with Crippen LogP contribution in [0.1, 0.15) is 78.6 Å². The number of carbonyl (C=O) groups is 3. The number of aliphatic hydroxyl groups excluding tert-OH is 1. The average Bonchev–Trinajstić information content (AvgIpc) is 2.95. The molecular formula is C34H46O10. The molecule has 242 valence electrons. The predicted molar refractivity (Wildman–Crippen MR) is 158 cm³/mol. The predicted octanol–water partition coefficient (Wildman–Crippen LogP) is 3.76. The Kier molecular flexibility index (Phi) is 7.99. The molecule has 9 atom stereocenters. The number of esters is 2. The van der Waals surface area contributed by atoms with Crippen molar-refractivity contribution in [2.24, 2.45) is 22.7 Å². The molecule has 10 heteroatoms. The molecule has 5 rings (SSSR count). The van der Waals surface area contributed by atoms with Crippen LogP contribution < -0.4 is 0 Å². The number of aliphatic hydroxyl groups is 2. The first-order valence-electron chi connectivity index (χ1n) is 15.3. The molecule has 1 aromatic rings. The average molecular weight is 615 g/mol. The van der Waals surface area contributed by atoms with Gasteiger partial charge in [0.2, 0.25) is 0 Å². The highest BCUT2D eigenvalue weighted by Gasteiger charge is 2.78. The van der Waals surface area contributed by atoms with Crippen LogP contribution in [0.2, 0.25) is 0 Å². The van der Waals surface area contributed by atoms with Gasteiger partial charge in [0, 0.05) is 38.2 Å². The van der Waals surface area contributed by atoms with Gasteiger partial charge >= 0.3 is 11.9 Å². The van der Waals surface area contributed by atoms with Crippen LogP contribution in [0.25, 0.3) is 0 Å². The van der Waals surface area contributed by atoms with Crippen LogP contribution in [0.4, 0.5) is 0 Å². The maximum atomic E-state index is 15.1. The lowest BCUT2D eigenvalue weighted by Gasteiger charge is -2.68. The van der Waals surface area contributed by atoms with Gasteiger partial charge in [-0.1, -0.05) is 39.0 Å². The SMILES string of the molecule is COC(C)(C)O[C@H]1C[C@H]2OC[C@@]2(OC(C)=O)C2C(OC(=O)c3ccccc3)[C@]3(O)C[C@H](O)C(C)=C([C@@H](C)C(=O)[C@@]21C)C3(C)C. The fourth-order valence-corrected chi connectivity index (χ4v) is 8.70. The highest BCUT2D eigenvalue weighted by atomic mass is 16.7. The molecule has 3 aliphatic carbocycles. The molecule has 44 heavy (non-hydrogen) atoms. The van der Waals surface area contributed by atoms with E-state index in [1.165, 1.54) is 14.0 Å². The van der Waals surface area contributed by atoms with Gasteiger partial charge in [0.05, 0.1) is 35.7 Å². The molecule has 0 aromatic heterocycles. The van der Waals surface area contributed by atoms with Crippen LogP contribution in [0.5, 0.6) is 0 Å². The number of hydrogen-bond donors (Lipinski definition) is 2. The minimum atomic E-state index is -1.90. The topological polar surface area (TPSA) is 138 Å². The summed E-state index contributed by atoms with van der Waals surface area (Å²) in [5, 5.41) is 24.4. The largest absolute Gasteiger partial charge is 0.455 e. The number of ketones is 1. The number of Topliss-reactive ketones (excluding diaryl/α,β-unsaturated/α-hetero) is 1. The summed E-state index contributed by atoms with van der Waals surface area (Å²) >= 11 is 0. The Balaban J connectivity index is 1.84. The number of fused-ring (bicyclic) bond motifs is 5. The van der Waals surface area contributed by atoms with Gasteiger partial charge in [-0.25, -0.2) is 4.79 Å². The standard InChI is InChI=1S/C34H46O10/c1-18-22(36)16-34(39)28(42-29(38)21-13-11-10-12-14-21)26-32(8,27(37)19(2)25(18)30(34,4)5)23(44-31(6,7)40-9)15-24-33(26,17-41-24)43-20(3)35/h10-14,19,22-24,26,28,36,39H,15-17H2,1-9H3/t19-,22+,23+,24-,26?,28?,32-,33+,34-/m1/s1. The Hall–Kier alpha value is -2.63. The van der Waals surface area contributed by atoms with E-state index in [4.69, 9.17) is 23.7 Å². The van der Waals surface area contributed by atoms with Gasteiger partial charge < -0.3 is 33.9 Å². The van der Waals surface area contributed by atoms with Crippen LogP contribution in [0, 0.1) is 22.7 Å². The van der Waals surface area contributed by atoms with Crippen molar-refractivity contribution in [2.75, 3.05) is 13.7 Å². The number of carbonyl (C=O) groups excluding carboxylic acids is 3. The van der Waals surface area contributed by atoms with Crippen LogP contribution >= 0.6 is 0 Å². The second-order valence-electron chi connectivity index (χ2n) is 14.2. The van der Waals surface area contributed by atoms with Crippen LogP contribution in [0.15, 0.2) is 41.5 Å². The zero-order valence-electron chi connectivity index (χ0n) is 27.1. The third-order valence-electron chi connectivity index (χ3n) is 11.1. The van der Waals surface area contributed by atoms with E-state index in [-0.39, 0.29) is 30.8 Å². The van der Waals surface area contributed by atoms with Crippen molar-refractivity contribution in [3.63, 3.8) is 0 Å². The van der Waals surface area contributed by atoms with Crippen LogP contribution in [-0.2, 0) is 33.3 Å². The second kappa shape index (κ2) is 10.7. The smallest absolute Gasteiger partial charge is 0.338 e. The van der Waals surface area contributed by atoms with Gasteiger partial charge in [0.15, 0.2) is 11.4 Å². The lowest BCUT2D eigenvalue weighted by atomic mass is 9.43. The van der Waals surface area contributed by atoms with E-state index in [9.17, 15) is 19.8 Å². The maximum absolute atomic E-state index is 15.1. The Morgan fingerprint density at radius 1 is 1.11 bits per heavy atom. The fraction of sp³-hybridized carbons (Fsp3) is 0.676. The summed E-state index contributed by atoms with van der Waals surface area (Å²) in [5.41, 5.74) is -4.54. The number of ether oxygens (including phenoxy) is 5. The van der Waals surface area contributed by atoms with E-state index in [1.54, 1.807) is 65.0 Å². The van der Waals surface area contributed by atoms with Gasteiger partial charge in [-0.05, 0) is 51.0 Å². The molecule has 1 heterocycles. The molecule has 0 radical (unpaired) electrons. The van der Waals surface area contributed by atoms with E-state index in [1.807, 2.05) is 13.8 Å². The number of methoxy groups -OCH3 is 1. The lowest BCUT2D eigenvalue weighted by Crippen LogP contribution is -2.81. The summed E-state index contributed by atoms with van der Waals surface area (Å²) in [6.07, 6.45) is -4.10. The van der Waals surface area contributed by atoms with Crippen LogP contribution in [-0.4, -0.2) is 83.1 Å². The van der Waals surface area contributed by atoms with E-state index < -0.39 is 76.0 Å². The highest BCUT2D eigenvalue weighted by molar-refractivity contribution is 5.92. The van der Waals surface area contributed by atoms with Crippen molar-refractivity contribution in [3.8, 4) is 0 Å². The Bertz CT molecular complexity index is 1370. The van der Waals surface area contributed by atoms with Crippen molar-refractivity contribution in [3.05, 3.63) is 47.0 Å². The van der Waals surface area contributed by atoms with Gasteiger partial charge in [0.25, 0.3) is 0 Å². The zero-order chi connectivity index (χ0) is 32.6. The molecule has 0 spiro atoms. The fourth-order valence-electron chi connectivity index (χ4n) is 8.70. The number of rotatable bonds is 6. The van der Waals surface area contributed by atoms with Gasteiger partial charge in [-0.2, -0.15) is 0 Å². The molecule has 0 amide bonds. The summed E-state index contributed by atoms with van der Waals surface area (Å²) in [6, 6.07) is 8.37. The maximum Gasteiger partial charge on any atom is 0.338 e. The Morgan fingerprint density at radius 2 is 1.75 bits per heavy atom. The van der Waals surface area contributed by atoms with Crippen molar-refractivity contribution >= 4 is 17.7 Å². The summed E-state index contributed by atoms with van der Waals surface area (Å²) in [6.45, 7) is 13.6. The summed E-state index contributed by atoms with van der Waals surface area (Å²) < 4.78 is 30.7. The third-order valence-corrected chi connectivity index (χ3v) is 11.1. The van der Waals surface area contributed by atoms with Gasteiger partial charge in [-0.15, -0.1) is 0 Å². The normalized spacial score (nSPS) is 39.7. The molecule has 1 aliphatic heterocycles.